The van der Waals surface area contributed by atoms with Crippen molar-refractivity contribution < 1.29 is 0 Å². The summed E-state index contributed by atoms with van der Waals surface area (Å²) in [7, 11) is 0. The van der Waals surface area contributed by atoms with Gasteiger partial charge in [-0.25, -0.2) is 0 Å². The van der Waals surface area contributed by atoms with Gasteiger partial charge in [0.05, 0.1) is 0 Å². The maximum absolute atomic E-state index is 2.69. The molecule has 114 valence electrons. The van der Waals surface area contributed by atoms with Crippen molar-refractivity contribution in [2.45, 2.75) is 31.8 Å². The van der Waals surface area contributed by atoms with Crippen molar-refractivity contribution in [1.29, 1.82) is 0 Å². The van der Waals surface area contributed by atoms with Crippen molar-refractivity contribution in [1.82, 2.24) is 4.90 Å². The molecule has 2 aromatic carbocycles. The Labute approximate surface area is 133 Å². The first-order valence-electron chi connectivity index (χ1n) is 8.54. The van der Waals surface area contributed by atoms with E-state index in [9.17, 15) is 0 Å². The van der Waals surface area contributed by atoms with Gasteiger partial charge < -0.3 is 4.90 Å². The SMILES string of the molecule is c1ccc(CN2CCC(N3CCCC3)c3ccccc32)cc1. The summed E-state index contributed by atoms with van der Waals surface area (Å²) >= 11 is 0. The molecule has 2 heteroatoms. The normalized spacial score (nSPS) is 21.8. The second-order valence-electron chi connectivity index (χ2n) is 6.51. The fraction of sp³-hybridized carbons (Fsp3) is 0.400. The van der Waals surface area contributed by atoms with E-state index in [4.69, 9.17) is 0 Å². The molecule has 22 heavy (non-hydrogen) atoms. The fourth-order valence-corrected chi connectivity index (χ4v) is 4.01. The molecular formula is C20H24N2. The summed E-state index contributed by atoms with van der Waals surface area (Å²) in [6, 6.07) is 20.5. The van der Waals surface area contributed by atoms with E-state index in [-0.39, 0.29) is 0 Å². The molecule has 0 aliphatic carbocycles. The zero-order valence-electron chi connectivity index (χ0n) is 13.1. The van der Waals surface area contributed by atoms with Gasteiger partial charge in [0.25, 0.3) is 0 Å². The summed E-state index contributed by atoms with van der Waals surface area (Å²) in [6.07, 6.45) is 3.99. The van der Waals surface area contributed by atoms with Crippen LogP contribution in [-0.4, -0.2) is 24.5 Å². The number of hydrogen-bond donors (Lipinski definition) is 0. The highest BCUT2D eigenvalue weighted by atomic mass is 15.2. The van der Waals surface area contributed by atoms with Gasteiger partial charge in [-0.15, -0.1) is 0 Å². The van der Waals surface area contributed by atoms with E-state index in [2.05, 4.69) is 64.4 Å². The maximum Gasteiger partial charge on any atom is 0.0429 e. The number of hydrogen-bond acceptors (Lipinski definition) is 2. The van der Waals surface area contributed by atoms with Crippen LogP contribution in [-0.2, 0) is 6.54 Å². The van der Waals surface area contributed by atoms with Crippen molar-refractivity contribution in [2.75, 3.05) is 24.5 Å². The molecule has 2 nitrogen and oxygen atoms in total. The Hall–Kier alpha value is -1.80. The van der Waals surface area contributed by atoms with Crippen molar-refractivity contribution in [3.05, 3.63) is 65.7 Å². The third-order valence-electron chi connectivity index (χ3n) is 5.11. The molecule has 0 amide bonds. The van der Waals surface area contributed by atoms with Gasteiger partial charge in [0.1, 0.15) is 0 Å². The van der Waals surface area contributed by atoms with E-state index in [1.54, 1.807) is 0 Å². The summed E-state index contributed by atoms with van der Waals surface area (Å²) in [6.45, 7) is 4.73. The second kappa shape index (κ2) is 6.13. The molecule has 2 aromatic rings. The predicted molar refractivity (Wildman–Crippen MR) is 92.1 cm³/mol. The van der Waals surface area contributed by atoms with Crippen molar-refractivity contribution >= 4 is 5.69 Å². The zero-order chi connectivity index (χ0) is 14.8. The lowest BCUT2D eigenvalue weighted by Gasteiger charge is -2.39. The minimum Gasteiger partial charge on any atom is -0.367 e. The quantitative estimate of drug-likeness (QED) is 0.835. The lowest BCUT2D eigenvalue weighted by molar-refractivity contribution is 0.229. The first-order valence-corrected chi connectivity index (χ1v) is 8.54. The number of para-hydroxylation sites is 1. The number of rotatable bonds is 3. The van der Waals surface area contributed by atoms with Gasteiger partial charge in [0.15, 0.2) is 0 Å². The van der Waals surface area contributed by atoms with E-state index in [0.717, 1.165) is 13.1 Å². The molecule has 1 saturated heterocycles. The third-order valence-corrected chi connectivity index (χ3v) is 5.11. The molecular weight excluding hydrogens is 268 g/mol. The van der Waals surface area contributed by atoms with Gasteiger partial charge in [-0.2, -0.15) is 0 Å². The molecule has 1 atom stereocenters. The van der Waals surface area contributed by atoms with Crippen molar-refractivity contribution in [3.63, 3.8) is 0 Å². The average molecular weight is 292 g/mol. The highest BCUT2D eigenvalue weighted by molar-refractivity contribution is 5.57. The molecule has 4 rings (SSSR count). The second-order valence-corrected chi connectivity index (χ2v) is 6.51. The summed E-state index contributed by atoms with van der Waals surface area (Å²) in [5, 5.41) is 0. The summed E-state index contributed by atoms with van der Waals surface area (Å²) in [5.74, 6) is 0. The van der Waals surface area contributed by atoms with Gasteiger partial charge in [-0.1, -0.05) is 48.5 Å². The zero-order valence-corrected chi connectivity index (χ0v) is 13.1. The van der Waals surface area contributed by atoms with Gasteiger partial charge in [0.2, 0.25) is 0 Å². The largest absolute Gasteiger partial charge is 0.367 e. The minimum absolute atomic E-state index is 0.630. The van der Waals surface area contributed by atoms with E-state index in [1.165, 1.54) is 49.2 Å². The highest BCUT2D eigenvalue weighted by Gasteiger charge is 2.30. The first-order chi connectivity index (χ1) is 10.9. The molecule has 0 radical (unpaired) electrons. The molecule has 2 aliphatic heterocycles. The molecule has 1 unspecified atom stereocenters. The Balaban J connectivity index is 1.61. The molecule has 0 aromatic heterocycles. The van der Waals surface area contributed by atoms with Gasteiger partial charge >= 0.3 is 0 Å². The molecule has 2 heterocycles. The molecule has 0 N–H and O–H groups in total. The summed E-state index contributed by atoms with van der Waals surface area (Å²) in [5.41, 5.74) is 4.37. The standard InChI is InChI=1S/C20H24N2/c1-2-8-17(9-3-1)16-22-15-12-20(21-13-6-7-14-21)18-10-4-5-11-19(18)22/h1-5,8-11,20H,6-7,12-16H2. The Morgan fingerprint density at radius 1 is 0.818 bits per heavy atom. The minimum atomic E-state index is 0.630. The van der Waals surface area contributed by atoms with E-state index < -0.39 is 0 Å². The maximum atomic E-state index is 2.69. The number of fused-ring (bicyclic) bond motifs is 1. The van der Waals surface area contributed by atoms with Crippen LogP contribution in [0, 0.1) is 0 Å². The van der Waals surface area contributed by atoms with E-state index in [1.807, 2.05) is 0 Å². The number of anilines is 1. The molecule has 0 spiro atoms. The summed E-state index contributed by atoms with van der Waals surface area (Å²) in [4.78, 5) is 5.25. The molecule has 0 saturated carbocycles. The van der Waals surface area contributed by atoms with Gasteiger partial charge in [0, 0.05) is 24.8 Å². The Morgan fingerprint density at radius 3 is 2.36 bits per heavy atom. The molecule has 0 bridgehead atoms. The van der Waals surface area contributed by atoms with Crippen molar-refractivity contribution in [2.24, 2.45) is 0 Å². The number of likely N-dealkylation sites (tertiary alicyclic amines) is 1. The van der Waals surface area contributed by atoms with E-state index in [0.29, 0.717) is 6.04 Å². The van der Waals surface area contributed by atoms with Crippen LogP contribution in [0.25, 0.3) is 0 Å². The Kier molecular flexibility index (Phi) is 3.86. The lowest BCUT2D eigenvalue weighted by atomic mass is 9.94. The number of benzene rings is 2. The van der Waals surface area contributed by atoms with Gasteiger partial charge in [-0.05, 0) is 49.5 Å². The van der Waals surface area contributed by atoms with Crippen LogP contribution in [0.3, 0.4) is 0 Å². The fourth-order valence-electron chi connectivity index (χ4n) is 4.01. The topological polar surface area (TPSA) is 6.48 Å². The molecule has 1 fully saturated rings. The van der Waals surface area contributed by atoms with Crippen LogP contribution < -0.4 is 4.90 Å². The van der Waals surface area contributed by atoms with Crippen LogP contribution in [0.5, 0.6) is 0 Å². The van der Waals surface area contributed by atoms with Crippen LogP contribution in [0.1, 0.15) is 36.4 Å². The van der Waals surface area contributed by atoms with Crippen molar-refractivity contribution in [3.8, 4) is 0 Å². The van der Waals surface area contributed by atoms with Gasteiger partial charge in [-0.3, -0.25) is 4.90 Å². The van der Waals surface area contributed by atoms with Crippen LogP contribution in [0.15, 0.2) is 54.6 Å². The number of nitrogens with zero attached hydrogens (tertiary/aromatic N) is 2. The lowest BCUT2D eigenvalue weighted by Crippen LogP contribution is -2.36. The Bertz CT molecular complexity index is 617. The average Bonchev–Trinajstić information content (AvgIpc) is 3.10. The predicted octanol–water partition coefficient (Wildman–Crippen LogP) is 4.23. The monoisotopic (exact) mass is 292 g/mol. The van der Waals surface area contributed by atoms with E-state index >= 15 is 0 Å². The Morgan fingerprint density at radius 2 is 1.55 bits per heavy atom. The van der Waals surface area contributed by atoms with Crippen LogP contribution in [0.2, 0.25) is 0 Å². The first kappa shape index (κ1) is 13.8. The smallest absolute Gasteiger partial charge is 0.0429 e. The summed E-state index contributed by atoms with van der Waals surface area (Å²) < 4.78 is 0. The third kappa shape index (κ3) is 2.64. The van der Waals surface area contributed by atoms with Crippen LogP contribution >= 0.6 is 0 Å². The van der Waals surface area contributed by atoms with Crippen LogP contribution in [0.4, 0.5) is 5.69 Å². The highest BCUT2D eigenvalue weighted by Crippen LogP contribution is 2.39. The molecule has 2 aliphatic rings.